The van der Waals surface area contributed by atoms with Crippen LogP contribution in [0.2, 0.25) is 0 Å². The van der Waals surface area contributed by atoms with E-state index in [-0.39, 0.29) is 6.54 Å². The molecule has 0 aromatic heterocycles. The lowest BCUT2D eigenvalue weighted by Gasteiger charge is -2.28. The first-order valence-electron chi connectivity index (χ1n) is 7.74. The van der Waals surface area contributed by atoms with E-state index in [9.17, 15) is 9.59 Å². The highest BCUT2D eigenvalue weighted by molar-refractivity contribution is 9.10. The minimum Gasteiger partial charge on any atom is -0.443 e. The molecule has 0 aliphatic carbocycles. The number of hydrogen-bond acceptors (Lipinski definition) is 5. The van der Waals surface area contributed by atoms with Crippen LogP contribution in [0.5, 0.6) is 0 Å². The van der Waals surface area contributed by atoms with Crippen molar-refractivity contribution in [2.24, 2.45) is 0 Å². The zero-order valence-electron chi connectivity index (χ0n) is 15.3. The van der Waals surface area contributed by atoms with Crippen molar-refractivity contribution in [1.29, 1.82) is 5.26 Å². The smallest absolute Gasteiger partial charge is 0.420 e. The summed E-state index contributed by atoms with van der Waals surface area (Å²) in [5, 5.41) is 8.98. The Bertz CT molecular complexity index is 668. The van der Waals surface area contributed by atoms with Gasteiger partial charge in [-0.2, -0.15) is 5.26 Å². The fraction of sp³-hybridized carbons (Fsp3) is 0.500. The number of rotatable bonds is 2. The predicted octanol–water partition coefficient (Wildman–Crippen LogP) is 4.99. The summed E-state index contributed by atoms with van der Waals surface area (Å²) in [7, 11) is 0. The Labute approximate surface area is 156 Å². The Morgan fingerprint density at radius 2 is 1.56 bits per heavy atom. The van der Waals surface area contributed by atoms with E-state index in [2.05, 4.69) is 15.9 Å². The topological polar surface area (TPSA) is 79.6 Å². The lowest BCUT2D eigenvalue weighted by molar-refractivity contribution is -0.000247. The van der Waals surface area contributed by atoms with Gasteiger partial charge in [0.2, 0.25) is 0 Å². The summed E-state index contributed by atoms with van der Waals surface area (Å²) >= 11 is 3.30. The first-order chi connectivity index (χ1) is 11.3. The largest absolute Gasteiger partial charge is 0.443 e. The van der Waals surface area contributed by atoms with Crippen LogP contribution in [-0.4, -0.2) is 28.3 Å². The van der Waals surface area contributed by atoms with E-state index >= 15 is 0 Å². The van der Waals surface area contributed by atoms with Crippen LogP contribution in [0.15, 0.2) is 22.7 Å². The minimum atomic E-state index is -0.790. The second-order valence-electron chi connectivity index (χ2n) is 7.47. The molecular formula is C18H23BrN2O4. The monoisotopic (exact) mass is 410 g/mol. The predicted molar refractivity (Wildman–Crippen MR) is 96.9 cm³/mol. The highest BCUT2D eigenvalue weighted by Gasteiger charge is 2.31. The van der Waals surface area contributed by atoms with Gasteiger partial charge in [-0.3, -0.25) is 0 Å². The van der Waals surface area contributed by atoms with Crippen LogP contribution >= 0.6 is 15.9 Å². The van der Waals surface area contributed by atoms with Crippen molar-refractivity contribution in [1.82, 2.24) is 4.90 Å². The van der Waals surface area contributed by atoms with E-state index in [1.807, 2.05) is 6.07 Å². The van der Waals surface area contributed by atoms with Gasteiger partial charge in [-0.15, -0.1) is 0 Å². The molecule has 0 fully saturated rings. The van der Waals surface area contributed by atoms with Crippen LogP contribution in [0.25, 0.3) is 0 Å². The van der Waals surface area contributed by atoms with E-state index in [1.165, 1.54) is 0 Å². The van der Waals surface area contributed by atoms with Crippen molar-refractivity contribution < 1.29 is 19.1 Å². The third kappa shape index (κ3) is 7.14. The highest BCUT2D eigenvalue weighted by Crippen LogP contribution is 2.21. The number of ether oxygens (including phenoxy) is 2. The summed E-state index contributed by atoms with van der Waals surface area (Å²) < 4.78 is 11.2. The summed E-state index contributed by atoms with van der Waals surface area (Å²) in [4.78, 5) is 25.8. The number of carbonyl (C=O) groups is 2. The summed E-state index contributed by atoms with van der Waals surface area (Å²) in [6.45, 7) is 10.3. The highest BCUT2D eigenvalue weighted by atomic mass is 79.9. The van der Waals surface area contributed by atoms with Crippen LogP contribution < -0.4 is 0 Å². The lowest BCUT2D eigenvalue weighted by atomic mass is 10.1. The van der Waals surface area contributed by atoms with Crippen molar-refractivity contribution >= 4 is 28.1 Å². The summed E-state index contributed by atoms with van der Waals surface area (Å²) in [5.74, 6) is 0. The van der Waals surface area contributed by atoms with Gasteiger partial charge in [-0.1, -0.05) is 6.07 Å². The molecule has 0 aliphatic heterocycles. The number of nitriles is 1. The number of hydrogen-bond donors (Lipinski definition) is 0. The van der Waals surface area contributed by atoms with E-state index in [1.54, 1.807) is 59.7 Å². The molecule has 136 valence electrons. The molecule has 0 unspecified atom stereocenters. The quantitative estimate of drug-likeness (QED) is 0.685. The van der Waals surface area contributed by atoms with Crippen LogP contribution in [0.4, 0.5) is 9.59 Å². The van der Waals surface area contributed by atoms with E-state index in [0.29, 0.717) is 15.6 Å². The number of carbonyl (C=O) groups excluding carboxylic acids is 2. The van der Waals surface area contributed by atoms with Crippen molar-refractivity contribution in [2.45, 2.75) is 59.3 Å². The van der Waals surface area contributed by atoms with E-state index in [0.717, 1.165) is 4.90 Å². The SMILES string of the molecule is CC(C)(C)OC(=O)N(Cc1ccc(C#N)c(Br)c1)C(=O)OC(C)(C)C. The maximum absolute atomic E-state index is 12.4. The Balaban J connectivity index is 3.10. The molecule has 0 atom stereocenters. The molecule has 0 N–H and O–H groups in total. The summed E-state index contributed by atoms with van der Waals surface area (Å²) in [5.41, 5.74) is -0.377. The number of amides is 2. The van der Waals surface area contributed by atoms with Gasteiger partial charge < -0.3 is 9.47 Å². The van der Waals surface area contributed by atoms with E-state index < -0.39 is 23.4 Å². The molecular weight excluding hydrogens is 388 g/mol. The normalized spacial score (nSPS) is 11.4. The van der Waals surface area contributed by atoms with Crippen molar-refractivity contribution in [3.8, 4) is 6.07 Å². The van der Waals surface area contributed by atoms with Crippen LogP contribution in [0.1, 0.15) is 52.7 Å². The van der Waals surface area contributed by atoms with E-state index in [4.69, 9.17) is 14.7 Å². The molecule has 0 saturated carbocycles. The van der Waals surface area contributed by atoms with Crippen molar-refractivity contribution in [3.05, 3.63) is 33.8 Å². The first kappa shape index (κ1) is 21.0. The van der Waals surface area contributed by atoms with Gasteiger partial charge in [0, 0.05) is 4.47 Å². The second-order valence-corrected chi connectivity index (χ2v) is 8.33. The third-order valence-corrected chi connectivity index (χ3v) is 3.38. The van der Waals surface area contributed by atoms with Gasteiger partial charge in [-0.05, 0) is 75.2 Å². The average molecular weight is 411 g/mol. The Morgan fingerprint density at radius 3 is 1.92 bits per heavy atom. The van der Waals surface area contributed by atoms with Crippen LogP contribution in [0.3, 0.4) is 0 Å². The maximum Gasteiger partial charge on any atom is 0.420 e. The molecule has 7 heteroatoms. The molecule has 6 nitrogen and oxygen atoms in total. The number of imide groups is 1. The molecule has 0 heterocycles. The molecule has 0 aliphatic rings. The number of benzene rings is 1. The number of halogens is 1. The summed E-state index contributed by atoms with van der Waals surface area (Å²) in [6, 6.07) is 7.01. The third-order valence-electron chi connectivity index (χ3n) is 2.72. The van der Waals surface area contributed by atoms with Gasteiger partial charge in [0.25, 0.3) is 0 Å². The molecule has 0 bridgehead atoms. The Hall–Kier alpha value is -2.07. The molecule has 2 amide bonds. The zero-order valence-corrected chi connectivity index (χ0v) is 16.9. The molecule has 1 aromatic rings. The fourth-order valence-electron chi connectivity index (χ4n) is 1.77. The second kappa shape index (κ2) is 7.87. The number of nitrogens with zero attached hydrogens (tertiary/aromatic N) is 2. The lowest BCUT2D eigenvalue weighted by Crippen LogP contribution is -2.43. The average Bonchev–Trinajstić information content (AvgIpc) is 2.40. The Morgan fingerprint density at radius 1 is 1.08 bits per heavy atom. The van der Waals surface area contributed by atoms with Crippen LogP contribution in [-0.2, 0) is 16.0 Å². The maximum atomic E-state index is 12.4. The fourth-order valence-corrected chi connectivity index (χ4v) is 2.28. The van der Waals surface area contributed by atoms with Gasteiger partial charge in [0.1, 0.15) is 17.3 Å². The summed E-state index contributed by atoms with van der Waals surface area (Å²) in [6.07, 6.45) is -1.58. The van der Waals surface area contributed by atoms with Gasteiger partial charge in [0.05, 0.1) is 12.1 Å². The molecule has 0 spiro atoms. The minimum absolute atomic E-state index is 0.0336. The van der Waals surface area contributed by atoms with Gasteiger partial charge >= 0.3 is 12.2 Å². The first-order valence-corrected chi connectivity index (χ1v) is 8.54. The molecule has 1 aromatic carbocycles. The molecule has 25 heavy (non-hydrogen) atoms. The van der Waals surface area contributed by atoms with Gasteiger partial charge in [0.15, 0.2) is 0 Å². The van der Waals surface area contributed by atoms with Crippen LogP contribution in [0, 0.1) is 11.3 Å². The van der Waals surface area contributed by atoms with Crippen molar-refractivity contribution in [3.63, 3.8) is 0 Å². The molecule has 0 saturated heterocycles. The van der Waals surface area contributed by atoms with Crippen molar-refractivity contribution in [2.75, 3.05) is 0 Å². The molecule has 0 radical (unpaired) electrons. The Kier molecular flexibility index (Phi) is 6.61. The zero-order chi connectivity index (χ0) is 19.4. The van der Waals surface area contributed by atoms with Gasteiger partial charge in [-0.25, -0.2) is 14.5 Å². The standard InChI is InChI=1S/C18H23BrN2O4/c1-17(2,3)24-15(22)21(16(23)25-18(4,5)6)11-12-7-8-13(10-20)14(19)9-12/h7-9H,11H2,1-6H3. The molecule has 1 rings (SSSR count).